The molecule has 1 atom stereocenters. The lowest BCUT2D eigenvalue weighted by Gasteiger charge is -2.42. The molecule has 2 rings (SSSR count). The number of hydrogen-bond acceptors (Lipinski definition) is 3. The van der Waals surface area contributed by atoms with Crippen LogP contribution in [0.25, 0.3) is 0 Å². The molecule has 1 aliphatic heterocycles. The minimum Gasteiger partial charge on any atom is -0.435 e. The third-order valence-corrected chi connectivity index (χ3v) is 3.74. The van der Waals surface area contributed by atoms with Crippen molar-refractivity contribution in [3.05, 3.63) is 29.8 Å². The van der Waals surface area contributed by atoms with E-state index in [4.69, 9.17) is 0 Å². The first-order valence-electron chi connectivity index (χ1n) is 7.37. The van der Waals surface area contributed by atoms with Gasteiger partial charge in [0.05, 0.1) is 0 Å². The van der Waals surface area contributed by atoms with E-state index in [-0.39, 0.29) is 29.6 Å². The van der Waals surface area contributed by atoms with Crippen molar-refractivity contribution in [2.75, 3.05) is 26.2 Å². The average Bonchev–Trinajstić information content (AvgIpc) is 2.38. The van der Waals surface area contributed by atoms with Crippen LogP contribution in [-0.4, -0.2) is 37.7 Å². The molecule has 0 unspecified atom stereocenters. The topological polar surface area (TPSA) is 24.5 Å². The maximum atomic E-state index is 12.4. The molecule has 1 aromatic rings. The molecule has 1 N–H and O–H groups in total. The molecule has 1 aromatic carbocycles. The lowest BCUT2D eigenvalue weighted by Crippen LogP contribution is -2.48. The Balaban J connectivity index is 0.00000242. The number of piperazine rings is 1. The van der Waals surface area contributed by atoms with Crippen LogP contribution in [-0.2, 0) is 0 Å². The Kier molecular flexibility index (Phi) is 7.03. The van der Waals surface area contributed by atoms with E-state index in [9.17, 15) is 8.78 Å². The van der Waals surface area contributed by atoms with E-state index in [1.54, 1.807) is 18.2 Å². The number of benzene rings is 1. The smallest absolute Gasteiger partial charge is 0.387 e. The molecule has 126 valence electrons. The van der Waals surface area contributed by atoms with E-state index in [2.05, 4.69) is 35.7 Å². The van der Waals surface area contributed by atoms with Crippen LogP contribution < -0.4 is 10.1 Å². The Labute approximate surface area is 137 Å². The zero-order valence-electron chi connectivity index (χ0n) is 13.3. The maximum Gasteiger partial charge on any atom is 0.387 e. The van der Waals surface area contributed by atoms with Crippen LogP contribution >= 0.6 is 12.4 Å². The summed E-state index contributed by atoms with van der Waals surface area (Å²) in [4.78, 5) is 2.41. The summed E-state index contributed by atoms with van der Waals surface area (Å²) < 4.78 is 29.3. The minimum absolute atomic E-state index is 0. The number of halogens is 3. The van der Waals surface area contributed by atoms with E-state index in [0.29, 0.717) is 0 Å². The standard InChI is InChI=1S/C16H24F2N2O.ClH/c1-16(2,3)14(20-9-7-19-8-10-20)12-5-4-6-13(11-12)21-15(17)18;/h4-6,11,14-15,19H,7-10H2,1-3H3;1H/t14-;/m0./s1. The van der Waals surface area contributed by atoms with Crippen molar-refractivity contribution in [1.29, 1.82) is 0 Å². The molecule has 3 nitrogen and oxygen atoms in total. The van der Waals surface area contributed by atoms with Crippen molar-refractivity contribution in [2.45, 2.75) is 33.4 Å². The summed E-state index contributed by atoms with van der Waals surface area (Å²) in [7, 11) is 0. The molecular formula is C16H25ClF2N2O. The first kappa shape index (κ1) is 19.1. The molecule has 6 heteroatoms. The molecule has 1 heterocycles. The van der Waals surface area contributed by atoms with Crippen molar-refractivity contribution in [2.24, 2.45) is 5.41 Å². The van der Waals surface area contributed by atoms with Crippen LogP contribution in [0.1, 0.15) is 32.4 Å². The predicted molar refractivity (Wildman–Crippen MR) is 87.0 cm³/mol. The number of hydrogen-bond donors (Lipinski definition) is 1. The summed E-state index contributed by atoms with van der Waals surface area (Å²) in [5.41, 5.74) is 1.04. The fourth-order valence-electron chi connectivity index (χ4n) is 3.06. The van der Waals surface area contributed by atoms with Crippen molar-refractivity contribution in [3.63, 3.8) is 0 Å². The van der Waals surface area contributed by atoms with Crippen LogP contribution in [0.2, 0.25) is 0 Å². The second kappa shape index (κ2) is 8.09. The van der Waals surface area contributed by atoms with E-state index >= 15 is 0 Å². The maximum absolute atomic E-state index is 12.4. The van der Waals surface area contributed by atoms with Gasteiger partial charge in [0.1, 0.15) is 5.75 Å². The summed E-state index contributed by atoms with van der Waals surface area (Å²) in [5.74, 6) is 0.229. The average molecular weight is 335 g/mol. The second-order valence-electron chi connectivity index (χ2n) is 6.51. The molecule has 0 bridgehead atoms. The summed E-state index contributed by atoms with van der Waals surface area (Å²) >= 11 is 0. The van der Waals surface area contributed by atoms with Crippen LogP contribution in [0.5, 0.6) is 5.75 Å². The van der Waals surface area contributed by atoms with Gasteiger partial charge in [0, 0.05) is 32.2 Å². The first-order valence-corrected chi connectivity index (χ1v) is 7.37. The summed E-state index contributed by atoms with van der Waals surface area (Å²) in [6, 6.07) is 7.28. The molecule has 0 aliphatic carbocycles. The largest absolute Gasteiger partial charge is 0.435 e. The number of nitrogens with one attached hydrogen (secondary N) is 1. The third-order valence-electron chi connectivity index (χ3n) is 3.74. The lowest BCUT2D eigenvalue weighted by molar-refractivity contribution is -0.0499. The normalized spacial score (nSPS) is 17.9. The number of rotatable bonds is 4. The summed E-state index contributed by atoms with van der Waals surface area (Å²) in [5, 5.41) is 3.34. The number of ether oxygens (including phenoxy) is 1. The van der Waals surface area contributed by atoms with Crippen molar-refractivity contribution >= 4 is 12.4 Å². The van der Waals surface area contributed by atoms with E-state index in [1.165, 1.54) is 0 Å². The Morgan fingerprint density at radius 3 is 2.36 bits per heavy atom. The highest BCUT2D eigenvalue weighted by Gasteiger charge is 2.32. The molecule has 0 radical (unpaired) electrons. The molecule has 0 aromatic heterocycles. The van der Waals surface area contributed by atoms with Gasteiger partial charge in [-0.2, -0.15) is 8.78 Å². The van der Waals surface area contributed by atoms with Gasteiger partial charge in [-0.1, -0.05) is 32.9 Å². The Morgan fingerprint density at radius 1 is 1.18 bits per heavy atom. The van der Waals surface area contributed by atoms with Gasteiger partial charge in [0.15, 0.2) is 0 Å². The minimum atomic E-state index is -2.78. The highest BCUT2D eigenvalue weighted by Crippen LogP contribution is 2.39. The van der Waals surface area contributed by atoms with Crippen LogP contribution in [0.15, 0.2) is 24.3 Å². The van der Waals surface area contributed by atoms with Crippen molar-refractivity contribution in [1.82, 2.24) is 10.2 Å². The molecule has 22 heavy (non-hydrogen) atoms. The predicted octanol–water partition coefficient (Wildman–Crippen LogP) is 3.70. The fourth-order valence-corrected chi connectivity index (χ4v) is 3.06. The highest BCUT2D eigenvalue weighted by atomic mass is 35.5. The van der Waals surface area contributed by atoms with Crippen molar-refractivity contribution < 1.29 is 13.5 Å². The Morgan fingerprint density at radius 2 is 1.82 bits per heavy atom. The molecule has 0 amide bonds. The number of alkyl halides is 2. The lowest BCUT2D eigenvalue weighted by atomic mass is 9.81. The van der Waals surface area contributed by atoms with Crippen LogP contribution in [0.3, 0.4) is 0 Å². The fraction of sp³-hybridized carbons (Fsp3) is 0.625. The van der Waals surface area contributed by atoms with Gasteiger partial charge >= 0.3 is 6.61 Å². The third kappa shape index (κ3) is 5.07. The second-order valence-corrected chi connectivity index (χ2v) is 6.51. The van der Waals surface area contributed by atoms with Crippen LogP contribution in [0.4, 0.5) is 8.78 Å². The molecule has 1 saturated heterocycles. The molecule has 0 spiro atoms. The van der Waals surface area contributed by atoms with Crippen LogP contribution in [0, 0.1) is 5.41 Å². The SMILES string of the molecule is CC(C)(C)[C@H](c1cccc(OC(F)F)c1)N1CCNCC1.Cl. The van der Waals surface area contributed by atoms with Gasteiger partial charge in [-0.15, -0.1) is 12.4 Å². The van der Waals surface area contributed by atoms with Gasteiger partial charge in [0.25, 0.3) is 0 Å². The summed E-state index contributed by atoms with van der Waals surface area (Å²) in [6.07, 6.45) is 0. The first-order chi connectivity index (χ1) is 9.88. The zero-order valence-corrected chi connectivity index (χ0v) is 14.1. The monoisotopic (exact) mass is 334 g/mol. The van der Waals surface area contributed by atoms with E-state index < -0.39 is 6.61 Å². The molecule has 0 saturated carbocycles. The van der Waals surface area contributed by atoms with Gasteiger partial charge in [-0.25, -0.2) is 0 Å². The zero-order chi connectivity index (χ0) is 15.5. The van der Waals surface area contributed by atoms with Gasteiger partial charge < -0.3 is 10.1 Å². The quantitative estimate of drug-likeness (QED) is 0.908. The van der Waals surface area contributed by atoms with Gasteiger partial charge in [-0.3, -0.25) is 4.90 Å². The summed E-state index contributed by atoms with van der Waals surface area (Å²) in [6.45, 7) is 7.59. The Bertz CT molecular complexity index is 460. The number of nitrogens with zero attached hydrogens (tertiary/aromatic N) is 1. The van der Waals surface area contributed by atoms with Gasteiger partial charge in [-0.05, 0) is 23.1 Å². The molecule has 1 fully saturated rings. The highest BCUT2D eigenvalue weighted by molar-refractivity contribution is 5.85. The van der Waals surface area contributed by atoms with Gasteiger partial charge in [0.2, 0.25) is 0 Å². The Hall–Kier alpha value is -0.910. The van der Waals surface area contributed by atoms with E-state index in [1.807, 2.05) is 6.07 Å². The van der Waals surface area contributed by atoms with Crippen molar-refractivity contribution in [3.8, 4) is 5.75 Å². The molecular weight excluding hydrogens is 310 g/mol. The van der Waals surface area contributed by atoms with E-state index in [0.717, 1.165) is 31.7 Å². The molecule has 1 aliphatic rings.